The maximum atomic E-state index is 14.1. The van der Waals surface area contributed by atoms with Crippen LogP contribution in [0.3, 0.4) is 0 Å². The topological polar surface area (TPSA) is 130 Å². The third kappa shape index (κ3) is 5.23. The number of rotatable bonds is 7. The Morgan fingerprint density at radius 2 is 1.93 bits per heavy atom. The van der Waals surface area contributed by atoms with Crippen molar-refractivity contribution in [2.24, 2.45) is 0 Å². The Morgan fingerprint density at radius 1 is 1.20 bits per heavy atom. The van der Waals surface area contributed by atoms with E-state index >= 15 is 0 Å². The zero-order valence-electron chi connectivity index (χ0n) is 21.1. The van der Waals surface area contributed by atoms with E-state index in [2.05, 4.69) is 32.9 Å². The molecular formula is C26H26F3IN4O6. The highest BCUT2D eigenvalue weighted by atomic mass is 127. The highest BCUT2D eigenvalue weighted by molar-refractivity contribution is 14.1. The lowest BCUT2D eigenvalue weighted by Crippen LogP contribution is -2.64. The van der Waals surface area contributed by atoms with E-state index in [9.17, 15) is 33.3 Å². The van der Waals surface area contributed by atoms with Crippen LogP contribution in [0.25, 0.3) is 11.3 Å². The molecule has 10 nitrogen and oxygen atoms in total. The van der Waals surface area contributed by atoms with Gasteiger partial charge >= 0.3 is 0 Å². The van der Waals surface area contributed by atoms with Gasteiger partial charge in [-0.2, -0.15) is 0 Å². The summed E-state index contributed by atoms with van der Waals surface area (Å²) in [6, 6.07) is 7.01. The number of nitrogens with zero attached hydrogens (tertiary/aromatic N) is 4. The number of hydrogen-bond donors (Lipinski definition) is 3. The molecule has 1 aliphatic carbocycles. The molecule has 40 heavy (non-hydrogen) atoms. The number of hydrogen-bond acceptors (Lipinski definition) is 8. The molecule has 14 heteroatoms. The quantitative estimate of drug-likeness (QED) is 0.257. The van der Waals surface area contributed by atoms with Gasteiger partial charge in [0.1, 0.15) is 30.0 Å². The lowest BCUT2D eigenvalue weighted by Gasteiger charge is -2.47. The molecule has 214 valence electrons. The maximum Gasteiger partial charge on any atom is 0.259 e. The molecular weight excluding hydrogens is 648 g/mol. The highest BCUT2D eigenvalue weighted by Crippen LogP contribution is 2.37. The molecule has 1 amide bonds. The fourth-order valence-electron chi connectivity index (χ4n) is 5.13. The van der Waals surface area contributed by atoms with Crippen molar-refractivity contribution in [3.05, 3.63) is 63.6 Å². The maximum absolute atomic E-state index is 14.1. The van der Waals surface area contributed by atoms with Gasteiger partial charge in [0, 0.05) is 21.9 Å². The van der Waals surface area contributed by atoms with Gasteiger partial charge in [0.25, 0.3) is 5.91 Å². The van der Waals surface area contributed by atoms with Crippen LogP contribution >= 0.6 is 22.6 Å². The second-order valence-electron chi connectivity index (χ2n) is 9.70. The summed E-state index contributed by atoms with van der Waals surface area (Å²) in [5.74, 6) is -5.01. The minimum Gasteiger partial charge on any atom is -0.394 e. The Morgan fingerprint density at radius 3 is 2.50 bits per heavy atom. The van der Waals surface area contributed by atoms with Crippen LogP contribution in [0.2, 0.25) is 0 Å². The van der Waals surface area contributed by atoms with Gasteiger partial charge in [-0.25, -0.2) is 17.9 Å². The molecule has 2 fully saturated rings. The third-order valence-electron chi connectivity index (χ3n) is 7.34. The van der Waals surface area contributed by atoms with Crippen LogP contribution in [0.1, 0.15) is 18.9 Å². The molecule has 1 aromatic heterocycles. The first-order valence-electron chi connectivity index (χ1n) is 12.4. The summed E-state index contributed by atoms with van der Waals surface area (Å²) in [4.78, 5) is 15.6. The molecule has 1 saturated heterocycles. The monoisotopic (exact) mass is 674 g/mol. The number of amides is 1. The Bertz CT molecular complexity index is 1370. The molecule has 0 bridgehead atoms. The van der Waals surface area contributed by atoms with Crippen LogP contribution in [0.5, 0.6) is 0 Å². The number of benzene rings is 2. The van der Waals surface area contributed by atoms with Crippen LogP contribution in [0, 0.1) is 21.0 Å². The minimum atomic E-state index is -1.63. The number of halogens is 4. The van der Waals surface area contributed by atoms with Gasteiger partial charge in [-0.1, -0.05) is 11.3 Å². The number of carbonyl (C=O) groups is 1. The van der Waals surface area contributed by atoms with Crippen molar-refractivity contribution in [3.8, 4) is 11.3 Å². The molecule has 0 unspecified atom stereocenters. The van der Waals surface area contributed by atoms with E-state index in [1.807, 2.05) is 6.07 Å². The fraction of sp³-hybridized carbons (Fsp3) is 0.423. The van der Waals surface area contributed by atoms with Gasteiger partial charge in [-0.3, -0.25) is 4.79 Å². The zero-order valence-corrected chi connectivity index (χ0v) is 23.2. The second-order valence-corrected chi connectivity index (χ2v) is 10.9. The van der Waals surface area contributed by atoms with Crippen molar-refractivity contribution >= 4 is 34.2 Å². The second kappa shape index (κ2) is 11.7. The Hall–Kier alpha value is -2.63. The van der Waals surface area contributed by atoms with Crippen molar-refractivity contribution in [1.29, 1.82) is 0 Å². The minimum absolute atomic E-state index is 0.0344. The van der Waals surface area contributed by atoms with E-state index in [4.69, 9.17) is 9.47 Å². The molecule has 0 radical (unpaired) electrons. The highest BCUT2D eigenvalue weighted by Gasteiger charge is 2.52. The molecule has 5 rings (SSSR count). The van der Waals surface area contributed by atoms with Gasteiger partial charge in [-0.05, 0) is 65.8 Å². The molecule has 3 N–H and O–H groups in total. The van der Waals surface area contributed by atoms with Gasteiger partial charge in [-0.15, -0.1) is 5.10 Å². The summed E-state index contributed by atoms with van der Waals surface area (Å²) in [7, 11) is 1.31. The van der Waals surface area contributed by atoms with Crippen LogP contribution in [0.4, 0.5) is 18.9 Å². The molecule has 7 atom stereocenters. The van der Waals surface area contributed by atoms with E-state index in [1.54, 1.807) is 18.2 Å². The standard InChI is InChI=1S/C26H26F3IN4O6/c1-39-24-22(33-10-17(31-32-33)12-7-15(27)21(29)16(28)8-12)23(37)20(11-35)40-25(24)26(38)34(18-5-6-19(18)36)14-4-2-3-13(30)9-14/h2-4,7-10,18-20,22-25,35-37H,5-6,11H2,1H3/t18-,19-,20-,22+,23+,24-,25-/m1/s1. The first kappa shape index (κ1) is 28.9. The Balaban J connectivity index is 1.52. The van der Waals surface area contributed by atoms with Crippen LogP contribution in [-0.4, -0.2) is 86.5 Å². The smallest absolute Gasteiger partial charge is 0.259 e. The third-order valence-corrected chi connectivity index (χ3v) is 8.01. The SMILES string of the molecule is CO[C@@H]1[C@@H](n2cc(-c3cc(F)c(F)c(F)c3)nn2)[C@@H](O)[C@@H](CO)O[C@H]1C(=O)N(c1cccc(I)c1)[C@@H]1CC[C@H]1O. The number of anilines is 1. The van der Waals surface area contributed by atoms with Crippen LogP contribution in [0.15, 0.2) is 42.6 Å². The summed E-state index contributed by atoms with van der Waals surface area (Å²) in [6.07, 6.45) is -3.60. The Labute approximate surface area is 240 Å². The number of methoxy groups -OCH3 is 1. The van der Waals surface area contributed by atoms with Crippen LogP contribution < -0.4 is 4.90 Å². The predicted molar refractivity (Wildman–Crippen MR) is 143 cm³/mol. The van der Waals surface area contributed by atoms with Crippen molar-refractivity contribution in [2.75, 3.05) is 18.6 Å². The largest absolute Gasteiger partial charge is 0.394 e. The van der Waals surface area contributed by atoms with E-state index in [0.29, 0.717) is 18.5 Å². The molecule has 0 spiro atoms. The van der Waals surface area contributed by atoms with E-state index < -0.39 is 72.6 Å². The molecule has 3 aromatic rings. The number of aromatic nitrogens is 3. The molecule has 2 aromatic carbocycles. The van der Waals surface area contributed by atoms with Gasteiger partial charge in [0.2, 0.25) is 0 Å². The zero-order chi connectivity index (χ0) is 28.7. The average Bonchev–Trinajstić information content (AvgIpc) is 3.42. The van der Waals surface area contributed by atoms with E-state index in [-0.39, 0.29) is 11.3 Å². The fourth-order valence-corrected chi connectivity index (χ4v) is 5.66. The van der Waals surface area contributed by atoms with Crippen molar-refractivity contribution < 1.29 is 42.8 Å². The predicted octanol–water partition coefficient (Wildman–Crippen LogP) is 2.20. The van der Waals surface area contributed by atoms with Crippen molar-refractivity contribution in [1.82, 2.24) is 15.0 Å². The van der Waals surface area contributed by atoms with E-state index in [1.165, 1.54) is 18.2 Å². The number of carbonyl (C=O) groups excluding carboxylic acids is 1. The molecule has 2 aliphatic rings. The lowest BCUT2D eigenvalue weighted by molar-refractivity contribution is -0.211. The first-order valence-corrected chi connectivity index (χ1v) is 13.5. The van der Waals surface area contributed by atoms with Gasteiger partial charge in [0.15, 0.2) is 23.6 Å². The molecule has 1 aliphatic heterocycles. The summed E-state index contributed by atoms with van der Waals surface area (Å²) in [5, 5.41) is 39.5. The molecule has 2 heterocycles. The van der Waals surface area contributed by atoms with Gasteiger partial charge in [0.05, 0.1) is 24.9 Å². The van der Waals surface area contributed by atoms with Crippen molar-refractivity contribution in [2.45, 2.75) is 55.4 Å². The summed E-state index contributed by atoms with van der Waals surface area (Å²) >= 11 is 2.11. The number of ether oxygens (including phenoxy) is 2. The normalized spacial score (nSPS) is 28.2. The number of aliphatic hydroxyl groups excluding tert-OH is 3. The lowest BCUT2D eigenvalue weighted by atomic mass is 9.85. The van der Waals surface area contributed by atoms with Crippen LogP contribution in [-0.2, 0) is 14.3 Å². The van der Waals surface area contributed by atoms with E-state index in [0.717, 1.165) is 20.4 Å². The van der Waals surface area contributed by atoms with Crippen molar-refractivity contribution in [3.63, 3.8) is 0 Å². The Kier molecular flexibility index (Phi) is 8.45. The summed E-state index contributed by atoms with van der Waals surface area (Å²) in [6.45, 7) is -0.650. The summed E-state index contributed by atoms with van der Waals surface area (Å²) < 4.78 is 54.7. The average molecular weight is 674 g/mol. The first-order chi connectivity index (χ1) is 19.1. The number of aliphatic hydroxyl groups is 3. The molecule has 1 saturated carbocycles. The summed E-state index contributed by atoms with van der Waals surface area (Å²) in [5.41, 5.74) is 0.395. The van der Waals surface area contributed by atoms with Gasteiger partial charge < -0.3 is 29.7 Å².